The van der Waals surface area contributed by atoms with Crippen molar-refractivity contribution in [2.75, 3.05) is 11.5 Å². The van der Waals surface area contributed by atoms with Gasteiger partial charge >= 0.3 is 0 Å². The number of allylic oxidation sites excluding steroid dienone is 4. The second-order valence-corrected chi connectivity index (χ2v) is 8.22. The lowest BCUT2D eigenvalue weighted by Crippen LogP contribution is -2.19. The zero-order valence-corrected chi connectivity index (χ0v) is 14.2. The van der Waals surface area contributed by atoms with Crippen LogP contribution in [0.4, 0.5) is 0 Å². The topological polar surface area (TPSA) is 40.9 Å². The molecule has 0 spiro atoms. The summed E-state index contributed by atoms with van der Waals surface area (Å²) in [5, 5.41) is 7.50. The molecule has 0 radical (unpaired) electrons. The van der Waals surface area contributed by atoms with Gasteiger partial charge in [-0.25, -0.2) is 0 Å². The molecular formula is C17H29NOS. The van der Waals surface area contributed by atoms with Crippen LogP contribution < -0.4 is 0 Å². The summed E-state index contributed by atoms with van der Waals surface area (Å²) < 4.78 is 11.4. The number of rotatable bonds is 6. The first-order valence-electron chi connectivity index (χ1n) is 7.62. The lowest BCUT2D eigenvalue weighted by atomic mass is 9.86. The summed E-state index contributed by atoms with van der Waals surface area (Å²) in [6, 6.07) is 0. The Balaban J connectivity index is 2.77. The van der Waals surface area contributed by atoms with Crippen molar-refractivity contribution in [1.82, 2.24) is 0 Å². The summed E-state index contributed by atoms with van der Waals surface area (Å²) in [6.07, 6.45) is 10.2. The maximum atomic E-state index is 11.4. The zero-order chi connectivity index (χ0) is 15.2. The average Bonchev–Trinajstić information content (AvgIpc) is 2.44. The minimum Gasteiger partial charge on any atom is -0.308 e. The number of hydrogen-bond acceptors (Lipinski definition) is 2. The Bertz CT molecular complexity index is 411. The van der Waals surface area contributed by atoms with Crippen molar-refractivity contribution in [3.05, 3.63) is 23.3 Å². The summed E-state index contributed by atoms with van der Waals surface area (Å²) in [5.74, 6) is 2.34. The van der Waals surface area contributed by atoms with Gasteiger partial charge in [-0.2, -0.15) is 0 Å². The van der Waals surface area contributed by atoms with Gasteiger partial charge in [0.05, 0.1) is 0 Å². The Kier molecular flexibility index (Phi) is 6.87. The third-order valence-corrected chi connectivity index (χ3v) is 5.77. The Labute approximate surface area is 126 Å². The van der Waals surface area contributed by atoms with Crippen LogP contribution in [0.15, 0.2) is 23.3 Å². The SMILES string of the molecule is CCC(C)(C)/C=C/C(CC1CCS(=O)CC1)=C(/C)C=N. The minimum absolute atomic E-state index is 0.210. The van der Waals surface area contributed by atoms with Gasteiger partial charge in [0.25, 0.3) is 0 Å². The first kappa shape index (κ1) is 17.4. The Morgan fingerprint density at radius 2 is 1.95 bits per heavy atom. The second-order valence-electron chi connectivity index (χ2n) is 6.52. The van der Waals surface area contributed by atoms with Crippen molar-refractivity contribution >= 4 is 17.0 Å². The van der Waals surface area contributed by atoms with Gasteiger partial charge in [-0.1, -0.05) is 32.9 Å². The molecule has 1 aliphatic rings. The van der Waals surface area contributed by atoms with Gasteiger partial charge in [0.1, 0.15) is 0 Å². The van der Waals surface area contributed by atoms with E-state index in [1.165, 1.54) is 11.8 Å². The summed E-state index contributed by atoms with van der Waals surface area (Å²) in [5.41, 5.74) is 2.54. The molecule has 2 nitrogen and oxygen atoms in total. The van der Waals surface area contributed by atoms with Gasteiger partial charge in [0, 0.05) is 28.5 Å². The lowest BCUT2D eigenvalue weighted by Gasteiger charge is -2.23. The van der Waals surface area contributed by atoms with Crippen LogP contribution >= 0.6 is 0 Å². The van der Waals surface area contributed by atoms with Crippen molar-refractivity contribution in [1.29, 1.82) is 5.41 Å². The Morgan fingerprint density at radius 3 is 2.45 bits per heavy atom. The van der Waals surface area contributed by atoms with Crippen molar-refractivity contribution in [2.45, 2.75) is 53.4 Å². The molecule has 1 rings (SSSR count). The lowest BCUT2D eigenvalue weighted by molar-refractivity contribution is 0.459. The molecule has 3 heteroatoms. The quantitative estimate of drug-likeness (QED) is 0.569. The Hall–Kier alpha value is -0.700. The summed E-state index contributed by atoms with van der Waals surface area (Å²) in [6.45, 7) is 8.70. The van der Waals surface area contributed by atoms with Crippen molar-refractivity contribution in [3.8, 4) is 0 Å². The summed E-state index contributed by atoms with van der Waals surface area (Å²) >= 11 is 0. The molecule has 1 N–H and O–H groups in total. The van der Waals surface area contributed by atoms with Crippen molar-refractivity contribution in [2.24, 2.45) is 11.3 Å². The standard InChI is InChI=1S/C17H29NOS/c1-5-17(3,4)9-6-16(14(2)13-18)12-15-7-10-20(19)11-8-15/h6,9,13,15,18H,5,7-8,10-12H2,1-4H3/b9-6+,16-14+,18-13?. The van der Waals surface area contributed by atoms with Crippen LogP contribution in [0.25, 0.3) is 0 Å². The molecule has 0 bridgehead atoms. The van der Waals surface area contributed by atoms with Gasteiger partial charge in [-0.15, -0.1) is 0 Å². The van der Waals surface area contributed by atoms with E-state index in [1.807, 2.05) is 6.92 Å². The summed E-state index contributed by atoms with van der Waals surface area (Å²) in [7, 11) is -0.586. The van der Waals surface area contributed by atoms with Crippen LogP contribution in [-0.4, -0.2) is 21.9 Å². The van der Waals surface area contributed by atoms with E-state index < -0.39 is 10.8 Å². The minimum atomic E-state index is -0.586. The van der Waals surface area contributed by atoms with Gasteiger partial charge in [0.2, 0.25) is 0 Å². The molecule has 0 amide bonds. The summed E-state index contributed by atoms with van der Waals surface area (Å²) in [4.78, 5) is 0. The highest BCUT2D eigenvalue weighted by Gasteiger charge is 2.19. The highest BCUT2D eigenvalue weighted by Crippen LogP contribution is 2.28. The van der Waals surface area contributed by atoms with Crippen LogP contribution in [-0.2, 0) is 10.8 Å². The fourth-order valence-corrected chi connectivity index (χ4v) is 3.65. The molecule has 0 aromatic carbocycles. The van der Waals surface area contributed by atoms with E-state index >= 15 is 0 Å². The average molecular weight is 295 g/mol. The Morgan fingerprint density at radius 1 is 1.35 bits per heavy atom. The van der Waals surface area contributed by atoms with Crippen LogP contribution in [0.2, 0.25) is 0 Å². The molecule has 1 saturated heterocycles. The maximum absolute atomic E-state index is 11.4. The second kappa shape index (κ2) is 7.92. The van der Waals surface area contributed by atoms with Gasteiger partial charge < -0.3 is 5.41 Å². The van der Waals surface area contributed by atoms with Gasteiger partial charge in [0.15, 0.2) is 0 Å². The molecule has 114 valence electrons. The molecule has 1 fully saturated rings. The highest BCUT2D eigenvalue weighted by atomic mass is 32.2. The molecule has 0 atom stereocenters. The third-order valence-electron chi connectivity index (χ3n) is 4.39. The highest BCUT2D eigenvalue weighted by molar-refractivity contribution is 7.85. The van der Waals surface area contributed by atoms with E-state index in [-0.39, 0.29) is 5.41 Å². The molecular weight excluding hydrogens is 266 g/mol. The van der Waals surface area contributed by atoms with Crippen LogP contribution in [0, 0.1) is 16.7 Å². The smallest absolute Gasteiger partial charge is 0.0237 e. The fraction of sp³-hybridized carbons (Fsp3) is 0.706. The molecule has 1 aliphatic heterocycles. The molecule has 0 aromatic heterocycles. The first-order chi connectivity index (χ1) is 9.38. The van der Waals surface area contributed by atoms with Crippen molar-refractivity contribution < 1.29 is 4.21 Å². The zero-order valence-electron chi connectivity index (χ0n) is 13.4. The number of hydrogen-bond donors (Lipinski definition) is 1. The molecule has 0 aromatic rings. The van der Waals surface area contributed by atoms with Crippen molar-refractivity contribution in [3.63, 3.8) is 0 Å². The van der Waals surface area contributed by atoms with E-state index in [9.17, 15) is 4.21 Å². The molecule has 0 saturated carbocycles. The molecule has 1 heterocycles. The maximum Gasteiger partial charge on any atom is 0.0237 e. The largest absolute Gasteiger partial charge is 0.308 e. The normalized spacial score (nSPS) is 25.6. The van der Waals surface area contributed by atoms with E-state index in [0.29, 0.717) is 5.92 Å². The van der Waals surface area contributed by atoms with E-state index in [0.717, 1.165) is 42.8 Å². The monoisotopic (exact) mass is 295 g/mol. The van der Waals surface area contributed by atoms with E-state index in [2.05, 4.69) is 32.9 Å². The van der Waals surface area contributed by atoms with Crippen LogP contribution in [0.5, 0.6) is 0 Å². The predicted octanol–water partition coefficient (Wildman–Crippen LogP) is 4.49. The molecule has 0 aliphatic carbocycles. The van der Waals surface area contributed by atoms with Gasteiger partial charge in [-0.3, -0.25) is 4.21 Å². The van der Waals surface area contributed by atoms with Crippen LogP contribution in [0.3, 0.4) is 0 Å². The van der Waals surface area contributed by atoms with Gasteiger partial charge in [-0.05, 0) is 55.1 Å². The third kappa shape index (κ3) is 5.74. The van der Waals surface area contributed by atoms with E-state index in [4.69, 9.17) is 5.41 Å². The number of nitrogens with one attached hydrogen (secondary N) is 1. The molecule has 20 heavy (non-hydrogen) atoms. The fourth-order valence-electron chi connectivity index (χ4n) is 2.25. The van der Waals surface area contributed by atoms with E-state index in [1.54, 1.807) is 0 Å². The predicted molar refractivity (Wildman–Crippen MR) is 89.9 cm³/mol. The molecule has 0 unspecified atom stereocenters. The first-order valence-corrected chi connectivity index (χ1v) is 9.11. The van der Waals surface area contributed by atoms with Crippen LogP contribution in [0.1, 0.15) is 53.4 Å².